The lowest BCUT2D eigenvalue weighted by atomic mass is 10.2. The number of pyridine rings is 2. The Morgan fingerprint density at radius 2 is 1.77 bits per heavy atom. The summed E-state index contributed by atoms with van der Waals surface area (Å²) in [5.41, 5.74) is 1.59. The van der Waals surface area contributed by atoms with Gasteiger partial charge in [0.15, 0.2) is 0 Å². The molecule has 9 nitrogen and oxygen atoms in total. The number of hydrogen-bond donors (Lipinski definition) is 2. The van der Waals surface area contributed by atoms with E-state index in [4.69, 9.17) is 0 Å². The van der Waals surface area contributed by atoms with Gasteiger partial charge in [0.25, 0.3) is 0 Å². The highest BCUT2D eigenvalue weighted by molar-refractivity contribution is 6.35. The number of aromatic nitrogens is 4. The number of amides is 2. The molecule has 156 valence electrons. The number of nitrogens with zero attached hydrogens (tertiary/aromatic N) is 5. The molecule has 3 heterocycles. The molecule has 9 heteroatoms. The van der Waals surface area contributed by atoms with Gasteiger partial charge in [-0.15, -0.1) is 0 Å². The molecule has 0 radical (unpaired) electrons. The van der Waals surface area contributed by atoms with Crippen molar-refractivity contribution in [2.75, 3.05) is 18.0 Å². The molecule has 2 amide bonds. The van der Waals surface area contributed by atoms with Gasteiger partial charge in [-0.25, -0.2) is 15.0 Å². The largest absolute Gasteiger partial charge is 0.357 e. The molecule has 0 aliphatic carbocycles. The molecule has 0 bridgehead atoms. The molecule has 0 aliphatic heterocycles. The minimum atomic E-state index is -0.705. The Balaban J connectivity index is 1.52. The van der Waals surface area contributed by atoms with Crippen LogP contribution in [0.15, 0.2) is 55.4 Å². The van der Waals surface area contributed by atoms with Crippen LogP contribution in [0, 0.1) is 0 Å². The minimum absolute atomic E-state index is 0.174. The standard InChI is InChI=1S/C21H25N7O2/c1-3-27(4-2)18-8-7-16(12-24-18)13-25-20(29)21(30)26-14-17-6-5-9-23-19(17)28-11-10-22-15-28/h5-12,15H,3-4,13-14H2,1-2H3,(H,25,29)(H,26,30). The van der Waals surface area contributed by atoms with E-state index in [0.29, 0.717) is 5.82 Å². The molecule has 2 N–H and O–H groups in total. The van der Waals surface area contributed by atoms with E-state index in [2.05, 4.69) is 44.3 Å². The molecule has 0 saturated heterocycles. The summed E-state index contributed by atoms with van der Waals surface area (Å²) in [6.07, 6.45) is 8.40. The Morgan fingerprint density at radius 3 is 2.40 bits per heavy atom. The first-order valence-electron chi connectivity index (χ1n) is 9.80. The van der Waals surface area contributed by atoms with E-state index in [-0.39, 0.29) is 13.1 Å². The van der Waals surface area contributed by atoms with Gasteiger partial charge in [0.2, 0.25) is 0 Å². The van der Waals surface area contributed by atoms with Crippen molar-refractivity contribution in [1.29, 1.82) is 0 Å². The van der Waals surface area contributed by atoms with Crippen LogP contribution in [0.25, 0.3) is 5.82 Å². The monoisotopic (exact) mass is 407 g/mol. The first kappa shape index (κ1) is 21.0. The predicted octanol–water partition coefficient (Wildman–Crippen LogP) is 1.44. The smallest absolute Gasteiger partial charge is 0.309 e. The highest BCUT2D eigenvalue weighted by atomic mass is 16.2. The first-order valence-corrected chi connectivity index (χ1v) is 9.80. The summed E-state index contributed by atoms with van der Waals surface area (Å²) in [6.45, 7) is 6.29. The average molecular weight is 407 g/mol. The van der Waals surface area contributed by atoms with Crippen LogP contribution >= 0.6 is 0 Å². The van der Waals surface area contributed by atoms with E-state index >= 15 is 0 Å². The van der Waals surface area contributed by atoms with Gasteiger partial charge in [-0.1, -0.05) is 12.1 Å². The second-order valence-corrected chi connectivity index (χ2v) is 6.52. The van der Waals surface area contributed by atoms with Gasteiger partial charge >= 0.3 is 11.8 Å². The maximum Gasteiger partial charge on any atom is 0.309 e. The van der Waals surface area contributed by atoms with Crippen LogP contribution in [-0.2, 0) is 22.7 Å². The molecule has 3 rings (SSSR count). The average Bonchev–Trinajstić information content (AvgIpc) is 3.32. The van der Waals surface area contributed by atoms with E-state index < -0.39 is 11.8 Å². The van der Waals surface area contributed by atoms with E-state index in [1.165, 1.54) is 0 Å². The minimum Gasteiger partial charge on any atom is -0.357 e. The molecule has 0 fully saturated rings. The molecule has 0 aliphatic rings. The lowest BCUT2D eigenvalue weighted by molar-refractivity contribution is -0.139. The quantitative estimate of drug-likeness (QED) is 0.548. The summed E-state index contributed by atoms with van der Waals surface area (Å²) in [5, 5.41) is 5.25. The van der Waals surface area contributed by atoms with Crippen molar-refractivity contribution in [3.05, 3.63) is 66.5 Å². The van der Waals surface area contributed by atoms with Crippen LogP contribution in [-0.4, -0.2) is 44.4 Å². The second kappa shape index (κ2) is 10.1. The van der Waals surface area contributed by atoms with Crippen LogP contribution in [0.3, 0.4) is 0 Å². The Hall–Kier alpha value is -3.75. The maximum absolute atomic E-state index is 12.2. The van der Waals surface area contributed by atoms with Crippen molar-refractivity contribution in [1.82, 2.24) is 30.2 Å². The number of carbonyl (C=O) groups is 2. The molecule has 0 aromatic carbocycles. The predicted molar refractivity (Wildman–Crippen MR) is 113 cm³/mol. The van der Waals surface area contributed by atoms with Crippen molar-refractivity contribution in [2.24, 2.45) is 0 Å². The van der Waals surface area contributed by atoms with Crippen molar-refractivity contribution in [2.45, 2.75) is 26.9 Å². The van der Waals surface area contributed by atoms with Gasteiger partial charge in [0.05, 0.1) is 0 Å². The Labute approximate surface area is 175 Å². The molecular formula is C21H25N7O2. The summed E-state index contributed by atoms with van der Waals surface area (Å²) >= 11 is 0. The summed E-state index contributed by atoms with van der Waals surface area (Å²) in [4.78, 5) is 39.2. The topological polar surface area (TPSA) is 105 Å². The number of anilines is 1. The molecule has 0 unspecified atom stereocenters. The Kier molecular flexibility index (Phi) is 7.09. The number of hydrogen-bond acceptors (Lipinski definition) is 6. The molecule has 3 aromatic rings. The van der Waals surface area contributed by atoms with Gasteiger partial charge in [0, 0.05) is 56.5 Å². The van der Waals surface area contributed by atoms with Gasteiger partial charge < -0.3 is 15.5 Å². The van der Waals surface area contributed by atoms with Gasteiger partial charge in [-0.2, -0.15) is 0 Å². The summed E-state index contributed by atoms with van der Waals surface area (Å²) in [6, 6.07) is 7.42. The molecule has 30 heavy (non-hydrogen) atoms. The van der Waals surface area contributed by atoms with Gasteiger partial charge in [-0.3, -0.25) is 14.2 Å². The van der Waals surface area contributed by atoms with Crippen LogP contribution in [0.5, 0.6) is 0 Å². The van der Waals surface area contributed by atoms with Crippen LogP contribution in [0.2, 0.25) is 0 Å². The van der Waals surface area contributed by atoms with E-state index in [1.54, 1.807) is 41.7 Å². The number of imidazole rings is 1. The third-order valence-electron chi connectivity index (χ3n) is 4.61. The fourth-order valence-electron chi connectivity index (χ4n) is 2.96. The fourth-order valence-corrected chi connectivity index (χ4v) is 2.96. The summed E-state index contributed by atoms with van der Waals surface area (Å²) in [5.74, 6) is 0.132. The third-order valence-corrected chi connectivity index (χ3v) is 4.61. The van der Waals surface area contributed by atoms with Crippen molar-refractivity contribution in [3.8, 4) is 5.82 Å². The lowest BCUT2D eigenvalue weighted by Crippen LogP contribution is -2.39. The number of rotatable bonds is 8. The normalized spacial score (nSPS) is 10.5. The highest BCUT2D eigenvalue weighted by Gasteiger charge is 2.14. The molecular weight excluding hydrogens is 382 g/mol. The molecule has 3 aromatic heterocycles. The zero-order chi connectivity index (χ0) is 21.3. The molecule has 0 atom stereocenters. The van der Waals surface area contributed by atoms with Crippen LogP contribution in [0.4, 0.5) is 5.82 Å². The molecule has 0 saturated carbocycles. The zero-order valence-corrected chi connectivity index (χ0v) is 17.1. The maximum atomic E-state index is 12.2. The Morgan fingerprint density at radius 1 is 1.00 bits per heavy atom. The molecule has 0 spiro atoms. The highest BCUT2D eigenvalue weighted by Crippen LogP contribution is 2.11. The number of nitrogens with one attached hydrogen (secondary N) is 2. The van der Waals surface area contributed by atoms with Crippen molar-refractivity contribution >= 4 is 17.6 Å². The van der Waals surface area contributed by atoms with Gasteiger partial charge in [-0.05, 0) is 31.5 Å². The SMILES string of the molecule is CCN(CC)c1ccc(CNC(=O)C(=O)NCc2cccnc2-n2ccnc2)cn1. The summed E-state index contributed by atoms with van der Waals surface area (Å²) < 4.78 is 1.75. The third kappa shape index (κ3) is 5.19. The lowest BCUT2D eigenvalue weighted by Gasteiger charge is -2.19. The van der Waals surface area contributed by atoms with E-state index in [9.17, 15) is 9.59 Å². The van der Waals surface area contributed by atoms with Gasteiger partial charge in [0.1, 0.15) is 18.0 Å². The second-order valence-electron chi connectivity index (χ2n) is 6.52. The number of carbonyl (C=O) groups excluding carboxylic acids is 2. The fraction of sp³-hybridized carbons (Fsp3) is 0.286. The van der Waals surface area contributed by atoms with Crippen LogP contribution < -0.4 is 15.5 Å². The van der Waals surface area contributed by atoms with E-state index in [1.807, 2.05) is 18.2 Å². The van der Waals surface area contributed by atoms with Crippen molar-refractivity contribution < 1.29 is 9.59 Å². The van der Waals surface area contributed by atoms with Crippen molar-refractivity contribution in [3.63, 3.8) is 0 Å². The van der Waals surface area contributed by atoms with Crippen LogP contribution in [0.1, 0.15) is 25.0 Å². The summed E-state index contributed by atoms with van der Waals surface area (Å²) in [7, 11) is 0. The Bertz CT molecular complexity index is 967. The van der Waals surface area contributed by atoms with E-state index in [0.717, 1.165) is 30.0 Å². The zero-order valence-electron chi connectivity index (χ0n) is 17.1. The first-order chi connectivity index (χ1) is 14.6.